The quantitative estimate of drug-likeness (QED) is 0.643. The van der Waals surface area contributed by atoms with Gasteiger partial charge in [-0.3, -0.25) is 4.79 Å². The fourth-order valence-electron chi connectivity index (χ4n) is 4.13. The second-order valence-corrected chi connectivity index (χ2v) is 8.26. The number of carbonyl (C=O) groups excluding carboxylic acids is 1. The highest BCUT2D eigenvalue weighted by molar-refractivity contribution is 7.99. The number of nitrogens with zero attached hydrogens (tertiary/aromatic N) is 1. The Morgan fingerprint density at radius 2 is 1.96 bits per heavy atom. The number of hydrogen-bond donors (Lipinski definition) is 0. The first-order valence-electron chi connectivity index (χ1n) is 9.34. The van der Waals surface area contributed by atoms with E-state index in [1.807, 2.05) is 28.8 Å². The summed E-state index contributed by atoms with van der Waals surface area (Å²) < 4.78 is 5.78. The average Bonchev–Trinajstić information content (AvgIpc) is 3.20. The van der Waals surface area contributed by atoms with Gasteiger partial charge >= 0.3 is 0 Å². The molecular weight excluding hydrogens is 342 g/mol. The van der Waals surface area contributed by atoms with E-state index in [-0.39, 0.29) is 5.91 Å². The second-order valence-electron chi connectivity index (χ2n) is 7.12. The summed E-state index contributed by atoms with van der Waals surface area (Å²) in [5, 5.41) is 1.11. The van der Waals surface area contributed by atoms with Crippen LogP contribution in [0.4, 0.5) is 5.69 Å². The number of thioether (sulfide) groups is 1. The number of hydrogen-bond acceptors (Lipinski definition) is 3. The lowest BCUT2D eigenvalue weighted by molar-refractivity contribution is -0.118. The number of rotatable bonds is 2. The number of furan rings is 1. The highest BCUT2D eigenvalue weighted by atomic mass is 32.2. The van der Waals surface area contributed by atoms with Crippen LogP contribution in [0.5, 0.6) is 0 Å². The summed E-state index contributed by atoms with van der Waals surface area (Å²) in [6.45, 7) is 0.786. The third-order valence-electron chi connectivity index (χ3n) is 5.45. The molecule has 0 atom stereocenters. The Kier molecular flexibility index (Phi) is 4.01. The van der Waals surface area contributed by atoms with Crippen LogP contribution in [0, 0.1) is 0 Å². The number of benzene rings is 2. The number of amides is 1. The summed E-state index contributed by atoms with van der Waals surface area (Å²) in [4.78, 5) is 16.3. The Morgan fingerprint density at radius 3 is 2.88 bits per heavy atom. The molecule has 0 unspecified atom stereocenters. The molecule has 26 heavy (non-hydrogen) atoms. The molecule has 3 nitrogen and oxygen atoms in total. The fraction of sp³-hybridized carbons (Fsp3) is 0.318. The van der Waals surface area contributed by atoms with Gasteiger partial charge in [0.1, 0.15) is 5.58 Å². The van der Waals surface area contributed by atoms with Gasteiger partial charge in [0.2, 0.25) is 5.91 Å². The SMILES string of the molecule is O=C(Cc1coc2cc3c(cc12)CCC3)N1CCCSc2ccccc21. The molecule has 0 saturated carbocycles. The zero-order valence-electron chi connectivity index (χ0n) is 14.7. The van der Waals surface area contributed by atoms with E-state index in [2.05, 4.69) is 24.3 Å². The van der Waals surface area contributed by atoms with Crippen LogP contribution >= 0.6 is 11.8 Å². The van der Waals surface area contributed by atoms with Gasteiger partial charge in [0.25, 0.3) is 0 Å². The zero-order valence-corrected chi connectivity index (χ0v) is 15.5. The van der Waals surface area contributed by atoms with Crippen molar-refractivity contribution in [2.24, 2.45) is 0 Å². The molecular formula is C22H21NO2S. The smallest absolute Gasteiger partial charge is 0.231 e. The first kappa shape index (κ1) is 16.0. The fourth-order valence-corrected chi connectivity index (χ4v) is 5.12. The van der Waals surface area contributed by atoms with Crippen molar-refractivity contribution in [2.45, 2.75) is 37.0 Å². The molecule has 5 rings (SSSR count). The molecule has 4 heteroatoms. The Labute approximate surface area is 157 Å². The molecule has 0 N–H and O–H groups in total. The lowest BCUT2D eigenvalue weighted by Crippen LogP contribution is -2.33. The Bertz CT molecular complexity index is 991. The second kappa shape index (κ2) is 6.51. The molecule has 1 aliphatic heterocycles. The summed E-state index contributed by atoms with van der Waals surface area (Å²) in [5.74, 6) is 1.21. The van der Waals surface area contributed by atoms with E-state index in [4.69, 9.17) is 4.42 Å². The van der Waals surface area contributed by atoms with Gasteiger partial charge in [-0.1, -0.05) is 12.1 Å². The molecule has 3 aromatic rings. The molecule has 0 radical (unpaired) electrons. The monoisotopic (exact) mass is 363 g/mol. The van der Waals surface area contributed by atoms with Crippen LogP contribution in [0.1, 0.15) is 29.5 Å². The first-order valence-corrected chi connectivity index (χ1v) is 10.3. The number of anilines is 1. The molecule has 0 spiro atoms. The van der Waals surface area contributed by atoms with Crippen molar-refractivity contribution in [1.29, 1.82) is 0 Å². The largest absolute Gasteiger partial charge is 0.464 e. The summed E-state index contributed by atoms with van der Waals surface area (Å²) in [5.41, 5.74) is 5.80. The first-order chi connectivity index (χ1) is 12.8. The minimum atomic E-state index is 0.156. The Balaban J connectivity index is 1.46. The topological polar surface area (TPSA) is 33.5 Å². The van der Waals surface area contributed by atoms with E-state index in [0.717, 1.165) is 53.8 Å². The molecule has 0 fully saturated rings. The van der Waals surface area contributed by atoms with Crippen LogP contribution in [0.15, 0.2) is 52.0 Å². The maximum absolute atomic E-state index is 13.1. The van der Waals surface area contributed by atoms with Gasteiger partial charge in [-0.25, -0.2) is 0 Å². The molecule has 1 amide bonds. The van der Waals surface area contributed by atoms with Crippen LogP contribution in [0.2, 0.25) is 0 Å². The molecule has 1 aliphatic carbocycles. The van der Waals surface area contributed by atoms with Gasteiger partial charge in [0.05, 0.1) is 18.4 Å². The molecule has 1 aromatic heterocycles. The van der Waals surface area contributed by atoms with Crippen molar-refractivity contribution < 1.29 is 9.21 Å². The van der Waals surface area contributed by atoms with Crippen molar-refractivity contribution in [2.75, 3.05) is 17.2 Å². The van der Waals surface area contributed by atoms with Crippen molar-refractivity contribution >= 4 is 34.3 Å². The predicted octanol–water partition coefficient (Wildman–Crippen LogP) is 4.99. The van der Waals surface area contributed by atoms with Crippen LogP contribution in [0.25, 0.3) is 11.0 Å². The van der Waals surface area contributed by atoms with Crippen LogP contribution in [-0.2, 0) is 24.1 Å². The molecule has 0 bridgehead atoms. The number of aryl methyl sites for hydroxylation is 2. The van der Waals surface area contributed by atoms with E-state index in [1.165, 1.54) is 22.4 Å². The van der Waals surface area contributed by atoms with Gasteiger partial charge in [-0.15, -0.1) is 11.8 Å². The van der Waals surface area contributed by atoms with Crippen molar-refractivity contribution in [3.05, 3.63) is 59.4 Å². The lowest BCUT2D eigenvalue weighted by atomic mass is 10.0. The predicted molar refractivity (Wildman–Crippen MR) is 106 cm³/mol. The van der Waals surface area contributed by atoms with Gasteiger partial charge in [-0.2, -0.15) is 0 Å². The average molecular weight is 363 g/mol. The number of para-hydroxylation sites is 1. The summed E-state index contributed by atoms with van der Waals surface area (Å²) in [6, 6.07) is 12.7. The molecule has 0 saturated heterocycles. The Hall–Kier alpha value is -2.20. The van der Waals surface area contributed by atoms with E-state index >= 15 is 0 Å². The van der Waals surface area contributed by atoms with Crippen LogP contribution < -0.4 is 4.90 Å². The van der Waals surface area contributed by atoms with E-state index in [1.54, 1.807) is 6.26 Å². The standard InChI is InChI=1S/C22H21NO2S/c24-22(23-9-4-10-26-21-8-2-1-7-19(21)23)13-17-14-25-20-12-16-6-3-5-15(16)11-18(17)20/h1-2,7-8,11-12,14H,3-6,9-10,13H2. The highest BCUT2D eigenvalue weighted by Crippen LogP contribution is 2.35. The highest BCUT2D eigenvalue weighted by Gasteiger charge is 2.23. The third kappa shape index (κ3) is 2.73. The van der Waals surface area contributed by atoms with Gasteiger partial charge < -0.3 is 9.32 Å². The molecule has 2 heterocycles. The lowest BCUT2D eigenvalue weighted by Gasteiger charge is -2.22. The zero-order chi connectivity index (χ0) is 17.5. The summed E-state index contributed by atoms with van der Waals surface area (Å²) >= 11 is 1.84. The van der Waals surface area contributed by atoms with Crippen LogP contribution in [0.3, 0.4) is 0 Å². The summed E-state index contributed by atoms with van der Waals surface area (Å²) in [7, 11) is 0. The number of carbonyl (C=O) groups is 1. The van der Waals surface area contributed by atoms with Gasteiger partial charge in [0, 0.05) is 22.4 Å². The maximum Gasteiger partial charge on any atom is 0.231 e. The normalized spacial score (nSPS) is 16.4. The molecule has 2 aromatic carbocycles. The van der Waals surface area contributed by atoms with E-state index in [0.29, 0.717) is 6.42 Å². The van der Waals surface area contributed by atoms with Crippen molar-refractivity contribution in [1.82, 2.24) is 0 Å². The minimum Gasteiger partial charge on any atom is -0.464 e. The molecule has 2 aliphatic rings. The molecule has 132 valence electrons. The van der Waals surface area contributed by atoms with E-state index in [9.17, 15) is 4.79 Å². The van der Waals surface area contributed by atoms with Crippen molar-refractivity contribution in [3.63, 3.8) is 0 Å². The van der Waals surface area contributed by atoms with Crippen molar-refractivity contribution in [3.8, 4) is 0 Å². The minimum absolute atomic E-state index is 0.156. The van der Waals surface area contributed by atoms with Gasteiger partial charge in [0.15, 0.2) is 0 Å². The number of fused-ring (bicyclic) bond motifs is 3. The van der Waals surface area contributed by atoms with Gasteiger partial charge in [-0.05, 0) is 66.8 Å². The van der Waals surface area contributed by atoms with E-state index < -0.39 is 0 Å². The maximum atomic E-state index is 13.1. The summed E-state index contributed by atoms with van der Waals surface area (Å²) in [6.07, 6.45) is 6.69. The van der Waals surface area contributed by atoms with Crippen LogP contribution in [-0.4, -0.2) is 18.2 Å². The third-order valence-corrected chi connectivity index (χ3v) is 6.60. The Morgan fingerprint density at radius 1 is 1.12 bits per heavy atom.